The van der Waals surface area contributed by atoms with Crippen LogP contribution in [0, 0.1) is 0 Å². The molecule has 0 radical (unpaired) electrons. The zero-order chi connectivity index (χ0) is 21.7. The number of anilines is 1. The predicted molar refractivity (Wildman–Crippen MR) is 104 cm³/mol. The van der Waals surface area contributed by atoms with E-state index in [1.807, 2.05) is 0 Å². The molecule has 29 heavy (non-hydrogen) atoms. The van der Waals surface area contributed by atoms with Gasteiger partial charge in [-0.05, 0) is 12.0 Å². The van der Waals surface area contributed by atoms with Crippen LogP contribution in [-0.4, -0.2) is 78.2 Å². The summed E-state index contributed by atoms with van der Waals surface area (Å²) in [6.45, 7) is -0.456. The Labute approximate surface area is 165 Å². The third-order valence-corrected chi connectivity index (χ3v) is 4.56. The number of methoxy groups -OCH3 is 1. The van der Waals surface area contributed by atoms with E-state index in [1.54, 1.807) is 12.2 Å². The number of nitrogens with two attached hydrogens (primary N) is 2. The van der Waals surface area contributed by atoms with E-state index < -0.39 is 42.8 Å². The molecule has 0 fully saturated rings. The number of nitrogen functional groups attached to an aromatic ring is 1. The minimum Gasteiger partial charge on any atom is -0.394 e. The number of hydrogen-bond donors (Lipinski definition) is 8. The van der Waals surface area contributed by atoms with Crippen LogP contribution < -0.4 is 17.0 Å². The van der Waals surface area contributed by atoms with Crippen LogP contribution in [0.15, 0.2) is 23.1 Å². The highest BCUT2D eigenvalue weighted by molar-refractivity contribution is 5.80. The van der Waals surface area contributed by atoms with Gasteiger partial charge in [-0.15, -0.1) is 0 Å². The number of rotatable bonds is 6. The summed E-state index contributed by atoms with van der Waals surface area (Å²) < 4.78 is 6.06. The molecule has 2 aromatic heterocycles. The molecule has 10 N–H and O–H groups in total. The van der Waals surface area contributed by atoms with E-state index in [0.29, 0.717) is 12.0 Å². The van der Waals surface area contributed by atoms with Crippen molar-refractivity contribution in [3.8, 4) is 0 Å². The monoisotopic (exact) mass is 413 g/mol. The number of hydrogen-bond acceptors (Lipinski definition) is 10. The first-order valence-corrected chi connectivity index (χ1v) is 8.86. The zero-order valence-corrected chi connectivity index (χ0v) is 15.8. The molecule has 0 bridgehead atoms. The van der Waals surface area contributed by atoms with Gasteiger partial charge in [0.1, 0.15) is 12.2 Å². The summed E-state index contributed by atoms with van der Waals surface area (Å²) in [5.41, 5.74) is 11.1. The number of fused-ring (bicyclic) bond motifs is 1. The normalized spacial score (nSPS) is 21.6. The van der Waals surface area contributed by atoms with Crippen LogP contribution in [0.2, 0.25) is 0 Å². The molecule has 0 spiro atoms. The predicted octanol–water partition coefficient (Wildman–Crippen LogP) is -2.71. The van der Waals surface area contributed by atoms with Crippen molar-refractivity contribution in [2.45, 2.75) is 43.6 Å². The molecule has 0 amide bonds. The lowest BCUT2D eigenvalue weighted by molar-refractivity contribution is -0.115. The largest absolute Gasteiger partial charge is 0.394 e. The Morgan fingerprint density at radius 2 is 2.10 bits per heavy atom. The first-order valence-electron chi connectivity index (χ1n) is 8.86. The highest BCUT2D eigenvalue weighted by Crippen LogP contribution is 2.23. The Hall–Kier alpha value is -2.32. The molecule has 5 atom stereocenters. The number of ether oxygens (including phenoxy) is 1. The smallest absolute Gasteiger partial charge is 0.262 e. The lowest BCUT2D eigenvalue weighted by Gasteiger charge is -2.25. The highest BCUT2D eigenvalue weighted by atomic mass is 16.5. The minimum atomic E-state index is -1.51. The van der Waals surface area contributed by atoms with Gasteiger partial charge in [0.05, 0.1) is 24.2 Å². The quantitative estimate of drug-likeness (QED) is 0.229. The Morgan fingerprint density at radius 3 is 2.55 bits per heavy atom. The fourth-order valence-corrected chi connectivity index (χ4v) is 2.91. The Morgan fingerprint density at radius 1 is 1.41 bits per heavy atom. The van der Waals surface area contributed by atoms with Crippen molar-refractivity contribution in [3.05, 3.63) is 34.3 Å². The van der Waals surface area contributed by atoms with Gasteiger partial charge in [0.25, 0.3) is 5.56 Å². The Kier molecular flexibility index (Phi) is 7.87. The third-order valence-electron chi connectivity index (χ3n) is 4.56. The molecular formula is C17H27N5O7. The molecule has 5 unspecified atom stereocenters. The van der Waals surface area contributed by atoms with Crippen LogP contribution in [0.3, 0.4) is 0 Å². The van der Waals surface area contributed by atoms with Gasteiger partial charge in [0, 0.05) is 19.9 Å². The maximum Gasteiger partial charge on any atom is 0.262 e. The molecule has 162 valence electrons. The van der Waals surface area contributed by atoms with Crippen molar-refractivity contribution < 1.29 is 30.3 Å². The molecular weight excluding hydrogens is 386 g/mol. The van der Waals surface area contributed by atoms with E-state index in [-0.39, 0.29) is 23.5 Å². The van der Waals surface area contributed by atoms with Gasteiger partial charge >= 0.3 is 0 Å². The van der Waals surface area contributed by atoms with Crippen LogP contribution in [0.4, 0.5) is 5.95 Å². The molecule has 2 aromatic rings. The highest BCUT2D eigenvalue weighted by Gasteiger charge is 2.29. The fourth-order valence-electron chi connectivity index (χ4n) is 2.91. The zero-order valence-electron chi connectivity index (χ0n) is 15.8. The van der Waals surface area contributed by atoms with E-state index in [9.17, 15) is 15.0 Å². The summed E-state index contributed by atoms with van der Waals surface area (Å²) in [5.74, 6) is -0.132. The van der Waals surface area contributed by atoms with Gasteiger partial charge in [-0.2, -0.15) is 4.98 Å². The molecule has 0 saturated carbocycles. The summed E-state index contributed by atoms with van der Waals surface area (Å²) in [6.07, 6.45) is 0.270. The molecule has 0 saturated heterocycles. The SMILES string of the molecule is COC(CO)C(O)C(O)n1cc(CN)c2c(=O)[nH]c(N)nc21.OC1C=CCC1O. The standard InChI is InChI=1S/C12H19N5O5.C5H8O2/c1-22-6(4-18)8(19)11(21)17-3-5(2-13)7-9(17)15-12(14)16-10(7)20;6-4-2-1-3-5(4)7/h3,6,8,11,18-19,21H,2,4,13H2,1H3,(H3,14,15,16,20);1-2,4-7H,3H2. The molecule has 2 heterocycles. The topological polar surface area (TPSA) is 213 Å². The molecule has 0 aromatic carbocycles. The van der Waals surface area contributed by atoms with Crippen LogP contribution in [0.1, 0.15) is 18.2 Å². The lowest BCUT2D eigenvalue weighted by atomic mass is 10.2. The van der Waals surface area contributed by atoms with Gasteiger partial charge in [-0.1, -0.05) is 12.2 Å². The number of nitrogens with zero attached hydrogens (tertiary/aromatic N) is 2. The number of aliphatic hydroxyl groups excluding tert-OH is 5. The van der Waals surface area contributed by atoms with Gasteiger partial charge in [-0.3, -0.25) is 9.78 Å². The van der Waals surface area contributed by atoms with Crippen molar-refractivity contribution in [2.24, 2.45) is 5.73 Å². The van der Waals surface area contributed by atoms with Crippen LogP contribution in [0.25, 0.3) is 11.0 Å². The molecule has 1 aliphatic carbocycles. The van der Waals surface area contributed by atoms with Crippen molar-refractivity contribution in [1.29, 1.82) is 0 Å². The number of H-pyrrole nitrogens is 1. The maximum atomic E-state index is 12.0. The molecule has 1 aliphatic rings. The number of aliphatic hydroxyl groups is 5. The van der Waals surface area contributed by atoms with E-state index in [0.717, 1.165) is 0 Å². The van der Waals surface area contributed by atoms with Gasteiger partial charge in [-0.25, -0.2) is 0 Å². The van der Waals surface area contributed by atoms with Crippen LogP contribution in [-0.2, 0) is 11.3 Å². The van der Waals surface area contributed by atoms with Crippen molar-refractivity contribution in [1.82, 2.24) is 14.5 Å². The van der Waals surface area contributed by atoms with E-state index in [1.165, 1.54) is 17.9 Å². The van der Waals surface area contributed by atoms with Crippen molar-refractivity contribution >= 4 is 17.0 Å². The molecule has 3 rings (SSSR count). The number of aromatic amines is 1. The summed E-state index contributed by atoms with van der Waals surface area (Å²) >= 11 is 0. The maximum absolute atomic E-state index is 12.0. The second kappa shape index (κ2) is 9.93. The van der Waals surface area contributed by atoms with Gasteiger partial charge in [0.15, 0.2) is 11.9 Å². The van der Waals surface area contributed by atoms with E-state index in [4.69, 9.17) is 31.5 Å². The summed E-state index contributed by atoms with van der Waals surface area (Å²) in [6, 6.07) is 0. The number of aromatic nitrogens is 3. The van der Waals surface area contributed by atoms with Crippen LogP contribution >= 0.6 is 0 Å². The first-order chi connectivity index (χ1) is 13.7. The van der Waals surface area contributed by atoms with Gasteiger partial charge < -0.3 is 46.3 Å². The molecule has 0 aliphatic heterocycles. The van der Waals surface area contributed by atoms with Crippen molar-refractivity contribution in [2.75, 3.05) is 19.5 Å². The third kappa shape index (κ3) is 5.00. The fraction of sp³-hybridized carbons (Fsp3) is 0.529. The van der Waals surface area contributed by atoms with Gasteiger partial charge in [0.2, 0.25) is 5.95 Å². The number of nitrogens with one attached hydrogen (secondary N) is 1. The molecule has 12 heteroatoms. The average molecular weight is 413 g/mol. The van der Waals surface area contributed by atoms with Crippen LogP contribution in [0.5, 0.6) is 0 Å². The van der Waals surface area contributed by atoms with E-state index in [2.05, 4.69) is 9.97 Å². The Balaban J connectivity index is 0.000000360. The summed E-state index contributed by atoms with van der Waals surface area (Å²) in [7, 11) is 1.29. The average Bonchev–Trinajstić information content (AvgIpc) is 3.25. The first kappa shape index (κ1) is 23.0. The molecule has 12 nitrogen and oxygen atoms in total. The summed E-state index contributed by atoms with van der Waals surface area (Å²) in [5, 5.41) is 47.0. The Bertz CT molecular complexity index is 892. The lowest BCUT2D eigenvalue weighted by Crippen LogP contribution is -2.38. The van der Waals surface area contributed by atoms with E-state index >= 15 is 0 Å². The summed E-state index contributed by atoms with van der Waals surface area (Å²) in [4.78, 5) is 18.3. The second-order valence-corrected chi connectivity index (χ2v) is 6.50. The minimum absolute atomic E-state index is 0.0364. The van der Waals surface area contributed by atoms with Crippen molar-refractivity contribution in [3.63, 3.8) is 0 Å². The second-order valence-electron chi connectivity index (χ2n) is 6.50.